The Labute approximate surface area is 207 Å². The van der Waals surface area contributed by atoms with Gasteiger partial charge in [0.1, 0.15) is 52.4 Å². The van der Waals surface area contributed by atoms with Crippen molar-refractivity contribution < 1.29 is 27.1 Å². The van der Waals surface area contributed by atoms with Crippen LogP contribution < -0.4 is 10.6 Å². The molecule has 1 unspecified atom stereocenters. The van der Waals surface area contributed by atoms with Crippen LogP contribution in [0.15, 0.2) is 46.6 Å². The molecule has 2 aliphatic rings. The molecule has 4 rings (SSSR count). The van der Waals surface area contributed by atoms with Crippen LogP contribution >= 0.6 is 11.6 Å². The SMILES string of the molecule is CCOC(=O)C1=C(C[S+]2CCNCC2)NC(c2c(F)cc(F)cc2F)=NC1c1ccc(F)cc1Cl. The average molecular weight is 529 g/mol. The first kappa shape index (κ1) is 25.5. The zero-order valence-electron chi connectivity index (χ0n) is 18.8. The summed E-state index contributed by atoms with van der Waals surface area (Å²) in [4.78, 5) is 17.5. The quantitative estimate of drug-likeness (QED) is 0.338. The van der Waals surface area contributed by atoms with Crippen molar-refractivity contribution in [2.24, 2.45) is 4.99 Å². The molecule has 1 saturated heterocycles. The topological polar surface area (TPSA) is 62.7 Å². The number of nitrogens with zero attached hydrogens (tertiary/aromatic N) is 1. The molecule has 11 heteroatoms. The molecular weight excluding hydrogens is 506 g/mol. The van der Waals surface area contributed by atoms with Gasteiger partial charge in [0.2, 0.25) is 0 Å². The molecule has 2 heterocycles. The molecular formula is C24H23ClF4N3O2S+. The molecule has 1 fully saturated rings. The molecule has 0 aromatic heterocycles. The highest BCUT2D eigenvalue weighted by Crippen LogP contribution is 2.37. The number of amidine groups is 1. The molecule has 0 aliphatic carbocycles. The van der Waals surface area contributed by atoms with E-state index in [1.54, 1.807) is 6.92 Å². The second-order valence-corrected chi connectivity index (χ2v) is 10.7. The van der Waals surface area contributed by atoms with Gasteiger partial charge in [0.15, 0.2) is 0 Å². The number of hydrogen-bond donors (Lipinski definition) is 2. The van der Waals surface area contributed by atoms with Crippen LogP contribution in [-0.2, 0) is 20.4 Å². The molecule has 5 nitrogen and oxygen atoms in total. The maximum absolute atomic E-state index is 14.7. The minimum atomic E-state index is -1.15. The number of rotatable bonds is 6. The van der Waals surface area contributed by atoms with E-state index in [0.29, 0.717) is 23.6 Å². The summed E-state index contributed by atoms with van der Waals surface area (Å²) >= 11 is 6.32. The first-order chi connectivity index (χ1) is 16.8. The van der Waals surface area contributed by atoms with Gasteiger partial charge in [-0.2, -0.15) is 0 Å². The highest BCUT2D eigenvalue weighted by Gasteiger charge is 2.37. The average Bonchev–Trinajstić information content (AvgIpc) is 2.79. The van der Waals surface area contributed by atoms with E-state index in [1.165, 1.54) is 6.07 Å². The van der Waals surface area contributed by atoms with Gasteiger partial charge >= 0.3 is 5.97 Å². The van der Waals surface area contributed by atoms with E-state index in [2.05, 4.69) is 15.6 Å². The lowest BCUT2D eigenvalue weighted by atomic mass is 9.95. The van der Waals surface area contributed by atoms with Crippen LogP contribution in [-0.4, -0.2) is 48.8 Å². The Morgan fingerprint density at radius 3 is 2.43 bits per heavy atom. The number of hydrogen-bond acceptors (Lipinski definition) is 5. The number of ether oxygens (including phenoxy) is 1. The number of esters is 1. The molecule has 0 amide bonds. The summed E-state index contributed by atoms with van der Waals surface area (Å²) in [6.45, 7) is 3.36. The summed E-state index contributed by atoms with van der Waals surface area (Å²) in [6, 6.07) is 3.60. The van der Waals surface area contributed by atoms with Crippen LogP contribution in [0.2, 0.25) is 5.02 Å². The lowest BCUT2D eigenvalue weighted by Gasteiger charge is -2.28. The van der Waals surface area contributed by atoms with E-state index in [9.17, 15) is 22.4 Å². The maximum Gasteiger partial charge on any atom is 0.338 e. The fourth-order valence-electron chi connectivity index (χ4n) is 4.01. The van der Waals surface area contributed by atoms with Crippen molar-refractivity contribution >= 4 is 34.3 Å². The molecule has 2 aliphatic heterocycles. The fraction of sp³-hybridized carbons (Fsp3) is 0.333. The Kier molecular flexibility index (Phi) is 8.03. The third kappa shape index (κ3) is 5.65. The van der Waals surface area contributed by atoms with Crippen molar-refractivity contribution in [1.82, 2.24) is 10.6 Å². The molecule has 186 valence electrons. The summed E-state index contributed by atoms with van der Waals surface area (Å²) in [5, 5.41) is 6.20. The molecule has 2 aromatic rings. The van der Waals surface area contributed by atoms with Crippen molar-refractivity contribution in [3.05, 3.63) is 81.0 Å². The van der Waals surface area contributed by atoms with E-state index in [0.717, 1.165) is 36.7 Å². The normalized spacial score (nSPS) is 18.8. The number of benzene rings is 2. The van der Waals surface area contributed by atoms with E-state index in [4.69, 9.17) is 16.3 Å². The lowest BCUT2D eigenvalue weighted by Crippen LogP contribution is -2.42. The fourth-order valence-corrected chi connectivity index (χ4v) is 6.28. The molecule has 0 saturated carbocycles. The minimum Gasteiger partial charge on any atom is -0.463 e. The highest BCUT2D eigenvalue weighted by atomic mass is 35.5. The maximum atomic E-state index is 14.7. The Morgan fingerprint density at radius 2 is 1.80 bits per heavy atom. The Hall–Kier alpha value is -2.56. The number of halogens is 5. The summed E-state index contributed by atoms with van der Waals surface area (Å²) < 4.78 is 62.1. The number of aliphatic imine (C=N–C) groups is 1. The van der Waals surface area contributed by atoms with Gasteiger partial charge in [0.05, 0.1) is 23.4 Å². The standard InChI is InChI=1S/C24H22ClF4N3O2S/c1-2-34-24(33)21-19(12-35-7-5-30-6-8-35)31-23(20-17(28)10-14(27)11-18(20)29)32-22(21)15-4-3-13(26)9-16(15)25/h3-4,9-11,22,30H,2,5-8,12H2,1H3/p+1. The Balaban J connectivity index is 1.89. The van der Waals surface area contributed by atoms with E-state index in [-0.39, 0.29) is 39.5 Å². The van der Waals surface area contributed by atoms with Crippen molar-refractivity contribution in [3.8, 4) is 0 Å². The zero-order chi connectivity index (χ0) is 25.1. The van der Waals surface area contributed by atoms with Crippen molar-refractivity contribution in [1.29, 1.82) is 0 Å². The predicted octanol–water partition coefficient (Wildman–Crippen LogP) is 4.03. The summed E-state index contributed by atoms with van der Waals surface area (Å²) in [6.07, 6.45) is 0. The van der Waals surface area contributed by atoms with Gasteiger partial charge in [-0.25, -0.2) is 22.4 Å². The van der Waals surface area contributed by atoms with Gasteiger partial charge in [0.25, 0.3) is 0 Å². The van der Waals surface area contributed by atoms with Gasteiger partial charge in [-0.1, -0.05) is 17.7 Å². The van der Waals surface area contributed by atoms with Gasteiger partial charge in [-0.15, -0.1) is 0 Å². The third-order valence-corrected chi connectivity index (χ3v) is 8.19. The number of carbonyl (C=O) groups excluding carboxylic acids is 1. The number of carbonyl (C=O) groups is 1. The van der Waals surface area contributed by atoms with Gasteiger partial charge in [-0.3, -0.25) is 4.99 Å². The lowest BCUT2D eigenvalue weighted by molar-refractivity contribution is -0.138. The number of nitrogens with one attached hydrogen (secondary N) is 2. The molecule has 35 heavy (non-hydrogen) atoms. The second-order valence-electron chi connectivity index (χ2n) is 7.94. The first-order valence-electron chi connectivity index (χ1n) is 11.0. The summed E-state index contributed by atoms with van der Waals surface area (Å²) in [5.74, 6) is -2.72. The van der Waals surface area contributed by atoms with Crippen LogP contribution in [0.3, 0.4) is 0 Å². The Morgan fingerprint density at radius 1 is 1.11 bits per heavy atom. The van der Waals surface area contributed by atoms with Crippen LogP contribution in [0.4, 0.5) is 17.6 Å². The third-order valence-electron chi connectivity index (χ3n) is 5.61. The van der Waals surface area contributed by atoms with Crippen molar-refractivity contribution in [3.63, 3.8) is 0 Å². The molecule has 1 atom stereocenters. The smallest absolute Gasteiger partial charge is 0.338 e. The summed E-state index contributed by atoms with van der Waals surface area (Å²) in [5.41, 5.74) is 0.234. The second kappa shape index (κ2) is 11.0. The Bertz CT molecular complexity index is 1180. The molecule has 0 radical (unpaired) electrons. The van der Waals surface area contributed by atoms with Crippen molar-refractivity contribution in [2.45, 2.75) is 13.0 Å². The van der Waals surface area contributed by atoms with Gasteiger partial charge in [0, 0.05) is 35.8 Å². The monoisotopic (exact) mass is 528 g/mol. The van der Waals surface area contributed by atoms with E-state index in [1.807, 2.05) is 0 Å². The van der Waals surface area contributed by atoms with Crippen LogP contribution in [0, 0.1) is 23.3 Å². The molecule has 0 spiro atoms. The zero-order valence-corrected chi connectivity index (χ0v) is 20.3. The highest BCUT2D eigenvalue weighted by molar-refractivity contribution is 7.97. The minimum absolute atomic E-state index is 0.00878. The molecule has 2 N–H and O–H groups in total. The van der Waals surface area contributed by atoms with Gasteiger partial charge < -0.3 is 15.4 Å². The predicted molar refractivity (Wildman–Crippen MR) is 129 cm³/mol. The van der Waals surface area contributed by atoms with Crippen LogP contribution in [0.25, 0.3) is 0 Å². The van der Waals surface area contributed by atoms with Crippen LogP contribution in [0.5, 0.6) is 0 Å². The first-order valence-corrected chi connectivity index (χ1v) is 13.1. The van der Waals surface area contributed by atoms with Crippen molar-refractivity contribution in [2.75, 3.05) is 37.0 Å². The molecule has 0 bridgehead atoms. The van der Waals surface area contributed by atoms with Crippen LogP contribution in [0.1, 0.15) is 24.1 Å². The van der Waals surface area contributed by atoms with E-state index < -0.39 is 40.8 Å². The van der Waals surface area contributed by atoms with E-state index >= 15 is 0 Å². The largest absolute Gasteiger partial charge is 0.463 e. The molecule has 2 aromatic carbocycles. The van der Waals surface area contributed by atoms with Gasteiger partial charge in [-0.05, 0) is 30.0 Å². The summed E-state index contributed by atoms with van der Waals surface area (Å²) in [7, 11) is -0.136.